The molecule has 0 unspecified atom stereocenters. The van der Waals surface area contributed by atoms with E-state index in [1.54, 1.807) is 28.6 Å². The molecule has 3 rings (SSSR count). The number of rotatable bonds is 9. The highest BCUT2D eigenvalue weighted by molar-refractivity contribution is 7.89. The molecule has 1 heterocycles. The summed E-state index contributed by atoms with van der Waals surface area (Å²) < 4.78 is 33.0. The maximum atomic E-state index is 12.9. The summed E-state index contributed by atoms with van der Waals surface area (Å²) in [5.74, 6) is 0.564. The molecule has 1 N–H and O–H groups in total. The molecule has 0 aliphatic carbocycles. The highest BCUT2D eigenvalue weighted by atomic mass is 32.2. The topological polar surface area (TPSA) is 75.7 Å². The molecule has 1 aliphatic heterocycles. The number of hydrogen-bond donors (Lipinski definition) is 1. The van der Waals surface area contributed by atoms with Crippen molar-refractivity contribution in [3.05, 3.63) is 54.1 Å². The fourth-order valence-electron chi connectivity index (χ4n) is 3.64. The van der Waals surface area contributed by atoms with Crippen LogP contribution in [0.15, 0.2) is 53.4 Å². The van der Waals surface area contributed by atoms with Crippen LogP contribution in [0.2, 0.25) is 0 Å². The van der Waals surface area contributed by atoms with Crippen LogP contribution in [0.25, 0.3) is 0 Å². The third-order valence-electron chi connectivity index (χ3n) is 5.39. The number of carbonyl (C=O) groups excluding carboxylic acids is 1. The molecule has 1 saturated heterocycles. The lowest BCUT2D eigenvalue weighted by Gasteiger charge is -2.20. The van der Waals surface area contributed by atoms with E-state index in [0.717, 1.165) is 37.7 Å². The van der Waals surface area contributed by atoms with Crippen LogP contribution in [-0.4, -0.2) is 38.3 Å². The fourth-order valence-corrected chi connectivity index (χ4v) is 5.15. The minimum atomic E-state index is -3.45. The quantitative estimate of drug-likeness (QED) is 0.613. The van der Waals surface area contributed by atoms with Crippen molar-refractivity contribution in [3.63, 3.8) is 0 Å². The van der Waals surface area contributed by atoms with E-state index in [1.165, 1.54) is 0 Å². The largest absolute Gasteiger partial charge is 0.491 e. The Labute approximate surface area is 185 Å². The second-order valence-corrected chi connectivity index (χ2v) is 9.79. The van der Waals surface area contributed by atoms with Crippen LogP contribution < -0.4 is 10.1 Å². The van der Waals surface area contributed by atoms with E-state index in [9.17, 15) is 13.2 Å². The molecule has 2 aromatic carbocycles. The first-order valence-corrected chi connectivity index (χ1v) is 12.6. The van der Waals surface area contributed by atoms with Crippen molar-refractivity contribution >= 4 is 21.6 Å². The second kappa shape index (κ2) is 11.3. The monoisotopic (exact) mass is 444 g/mol. The Morgan fingerprint density at radius 2 is 1.68 bits per heavy atom. The Bertz CT molecular complexity index is 950. The van der Waals surface area contributed by atoms with Gasteiger partial charge in [-0.25, -0.2) is 8.42 Å². The number of hydrogen-bond acceptors (Lipinski definition) is 4. The first-order chi connectivity index (χ1) is 15.0. The average Bonchev–Trinajstić information content (AvgIpc) is 3.08. The molecule has 31 heavy (non-hydrogen) atoms. The first kappa shape index (κ1) is 23.3. The zero-order chi connectivity index (χ0) is 22.1. The van der Waals surface area contributed by atoms with Crippen LogP contribution in [-0.2, 0) is 21.2 Å². The van der Waals surface area contributed by atoms with Crippen LogP contribution in [0, 0.1) is 0 Å². The van der Waals surface area contributed by atoms with E-state index in [4.69, 9.17) is 4.74 Å². The maximum Gasteiger partial charge on any atom is 0.243 e. The predicted molar refractivity (Wildman–Crippen MR) is 123 cm³/mol. The van der Waals surface area contributed by atoms with Gasteiger partial charge < -0.3 is 10.1 Å². The number of nitrogens with zero attached hydrogens (tertiary/aromatic N) is 1. The molecule has 2 aromatic rings. The van der Waals surface area contributed by atoms with Crippen LogP contribution in [0.5, 0.6) is 5.75 Å². The van der Waals surface area contributed by atoms with Crippen molar-refractivity contribution in [2.75, 3.05) is 25.0 Å². The molecule has 1 amide bonds. The van der Waals surface area contributed by atoms with Crippen LogP contribution >= 0.6 is 0 Å². The summed E-state index contributed by atoms with van der Waals surface area (Å²) >= 11 is 0. The molecular weight excluding hydrogens is 412 g/mol. The molecule has 1 fully saturated rings. The lowest BCUT2D eigenvalue weighted by Crippen LogP contribution is -2.31. The Hall–Kier alpha value is -2.38. The standard InChI is InChI=1S/C24H32N2O4S/c1-2-19-30-23-10-6-5-9-22(23)25-24(27)16-13-20-11-14-21(15-12-20)31(28,29)26-17-7-3-4-8-18-26/h5-6,9-12,14-15H,2-4,7-8,13,16-19H2,1H3,(H,25,27). The van der Waals surface area contributed by atoms with Gasteiger partial charge in [0.25, 0.3) is 0 Å². The number of ether oxygens (including phenoxy) is 1. The zero-order valence-electron chi connectivity index (χ0n) is 18.2. The van der Waals surface area contributed by atoms with Crippen molar-refractivity contribution in [2.24, 2.45) is 0 Å². The summed E-state index contributed by atoms with van der Waals surface area (Å²) in [5, 5.41) is 2.91. The van der Waals surface area contributed by atoms with Crippen molar-refractivity contribution in [2.45, 2.75) is 56.8 Å². The molecule has 168 valence electrons. The van der Waals surface area contributed by atoms with Crippen molar-refractivity contribution in [1.29, 1.82) is 0 Å². The molecule has 7 heteroatoms. The number of carbonyl (C=O) groups is 1. The van der Waals surface area contributed by atoms with Crippen molar-refractivity contribution < 1.29 is 17.9 Å². The van der Waals surface area contributed by atoms with Crippen LogP contribution in [0.1, 0.15) is 51.0 Å². The van der Waals surface area contributed by atoms with E-state index in [1.807, 2.05) is 31.2 Å². The SMILES string of the molecule is CCCOc1ccccc1NC(=O)CCc1ccc(S(=O)(=O)N2CCCCCC2)cc1. The molecule has 0 aromatic heterocycles. The third kappa shape index (κ3) is 6.55. The highest BCUT2D eigenvalue weighted by Crippen LogP contribution is 2.24. The van der Waals surface area contributed by atoms with Gasteiger partial charge in [0.1, 0.15) is 5.75 Å². The van der Waals surface area contributed by atoms with Gasteiger partial charge in [0.15, 0.2) is 0 Å². The van der Waals surface area contributed by atoms with Gasteiger partial charge in [-0.2, -0.15) is 4.31 Å². The Morgan fingerprint density at radius 3 is 2.35 bits per heavy atom. The molecule has 1 aliphatic rings. The van der Waals surface area contributed by atoms with E-state index in [-0.39, 0.29) is 5.91 Å². The van der Waals surface area contributed by atoms with Gasteiger partial charge in [-0.15, -0.1) is 0 Å². The van der Waals surface area contributed by atoms with Crippen molar-refractivity contribution in [1.82, 2.24) is 4.31 Å². The van der Waals surface area contributed by atoms with Gasteiger partial charge >= 0.3 is 0 Å². The second-order valence-electron chi connectivity index (χ2n) is 7.86. The average molecular weight is 445 g/mol. The Morgan fingerprint density at radius 1 is 1.00 bits per heavy atom. The zero-order valence-corrected chi connectivity index (χ0v) is 19.0. The number of benzene rings is 2. The van der Waals surface area contributed by atoms with Gasteiger partial charge in [-0.3, -0.25) is 4.79 Å². The van der Waals surface area contributed by atoms with Gasteiger partial charge in [0.05, 0.1) is 17.2 Å². The molecule has 0 saturated carbocycles. The first-order valence-electron chi connectivity index (χ1n) is 11.1. The third-order valence-corrected chi connectivity index (χ3v) is 7.30. The number of nitrogens with one attached hydrogen (secondary N) is 1. The number of aryl methyl sites for hydroxylation is 1. The van der Waals surface area contributed by atoms with Crippen LogP contribution in [0.3, 0.4) is 0 Å². The van der Waals surface area contributed by atoms with Gasteiger partial charge in [-0.1, -0.05) is 44.0 Å². The molecule has 0 atom stereocenters. The van der Waals surface area contributed by atoms with Gasteiger partial charge in [-0.05, 0) is 55.5 Å². The minimum Gasteiger partial charge on any atom is -0.491 e. The van der Waals surface area contributed by atoms with Gasteiger partial charge in [0.2, 0.25) is 15.9 Å². The summed E-state index contributed by atoms with van der Waals surface area (Å²) in [6, 6.07) is 14.3. The minimum absolute atomic E-state index is 0.103. The lowest BCUT2D eigenvalue weighted by atomic mass is 10.1. The van der Waals surface area contributed by atoms with Crippen molar-refractivity contribution in [3.8, 4) is 5.75 Å². The normalized spacial score (nSPS) is 15.3. The summed E-state index contributed by atoms with van der Waals surface area (Å²) in [5.41, 5.74) is 1.60. The molecule has 0 radical (unpaired) electrons. The predicted octanol–water partition coefficient (Wildman–Crippen LogP) is 4.61. The van der Waals surface area contributed by atoms with Crippen LogP contribution in [0.4, 0.5) is 5.69 Å². The summed E-state index contributed by atoms with van der Waals surface area (Å²) in [4.78, 5) is 12.7. The smallest absolute Gasteiger partial charge is 0.243 e. The number of anilines is 1. The van der Waals surface area contributed by atoms with Gasteiger partial charge in [0, 0.05) is 19.5 Å². The molecule has 6 nitrogen and oxygen atoms in total. The molecular formula is C24H32N2O4S. The number of para-hydroxylation sites is 2. The fraction of sp³-hybridized carbons (Fsp3) is 0.458. The lowest BCUT2D eigenvalue weighted by molar-refractivity contribution is -0.116. The summed E-state index contributed by atoms with van der Waals surface area (Å²) in [6.45, 7) is 3.81. The number of amides is 1. The van der Waals surface area contributed by atoms with E-state index in [2.05, 4.69) is 5.32 Å². The van der Waals surface area contributed by atoms with E-state index in [0.29, 0.717) is 48.9 Å². The highest BCUT2D eigenvalue weighted by Gasteiger charge is 2.24. The Balaban J connectivity index is 1.56. The van der Waals surface area contributed by atoms with E-state index >= 15 is 0 Å². The van der Waals surface area contributed by atoms with E-state index < -0.39 is 10.0 Å². The summed E-state index contributed by atoms with van der Waals surface area (Å²) in [6.07, 6.45) is 5.74. The Kier molecular flexibility index (Phi) is 8.49. The molecule has 0 spiro atoms. The molecule has 0 bridgehead atoms. The number of sulfonamides is 1. The maximum absolute atomic E-state index is 12.9. The summed E-state index contributed by atoms with van der Waals surface area (Å²) in [7, 11) is -3.45.